The van der Waals surface area contributed by atoms with Crippen molar-refractivity contribution in [3.05, 3.63) is 60.2 Å². The van der Waals surface area contributed by atoms with Crippen molar-refractivity contribution in [2.24, 2.45) is 57.7 Å². The maximum Gasteiger partial charge on any atom is 0.414 e. The molecule has 0 spiro atoms. The fraction of sp³-hybridized carbons (Fsp3) is 0.643. The van der Waals surface area contributed by atoms with E-state index < -0.39 is 99.0 Å². The normalized spacial score (nSPS) is 30.5. The first kappa shape index (κ1) is 53.3. The van der Waals surface area contributed by atoms with Gasteiger partial charge in [0.2, 0.25) is 0 Å². The van der Waals surface area contributed by atoms with E-state index in [0.717, 1.165) is 6.20 Å². The van der Waals surface area contributed by atoms with Gasteiger partial charge in [0.05, 0.1) is 60.9 Å². The summed E-state index contributed by atoms with van der Waals surface area (Å²) in [6.07, 6.45) is 3.81. The molecule has 12 atom stereocenters. The molecule has 7 aliphatic rings. The largest absolute Gasteiger partial charge is 0.444 e. The third-order valence-corrected chi connectivity index (χ3v) is 17.4. The van der Waals surface area contributed by atoms with E-state index in [1.54, 1.807) is 80.8 Å². The zero-order valence-electron chi connectivity index (χ0n) is 45.2. The summed E-state index contributed by atoms with van der Waals surface area (Å²) in [7, 11) is 0. The van der Waals surface area contributed by atoms with Gasteiger partial charge in [-0.2, -0.15) is 20.2 Å². The third kappa shape index (κ3) is 9.53. The SMILES string of the molecule is CC(C)(C)OC(=O)N1CC2C(C#N)C2(CCCCC(C(c2ccncc2-c2ccc(N3C[C@H](Cn4cc(F)nn4)OC3=O)cc2F)C23CN(C(=O)OC(C)(C)C)CC2C3C#N)C23CN(C(=O)OC(C)(C)C)CC2C3C#N)C1. The van der Waals surface area contributed by atoms with E-state index in [2.05, 4.69) is 33.5 Å². The molecule has 0 bridgehead atoms. The molecule has 19 nitrogen and oxygen atoms in total. The number of rotatable bonds is 13. The van der Waals surface area contributed by atoms with E-state index in [0.29, 0.717) is 49.9 Å². The quantitative estimate of drug-likeness (QED) is 0.115. The summed E-state index contributed by atoms with van der Waals surface area (Å²) in [4.78, 5) is 65.5. The van der Waals surface area contributed by atoms with Crippen molar-refractivity contribution in [1.29, 1.82) is 15.8 Å². The van der Waals surface area contributed by atoms with E-state index in [1.807, 2.05) is 26.8 Å². The van der Waals surface area contributed by atoms with Gasteiger partial charge in [-0.25, -0.2) is 28.3 Å². The molecule has 6 heterocycles. The minimum atomic E-state index is -0.920. The number of hydrogen-bond acceptors (Lipinski definition) is 14. The van der Waals surface area contributed by atoms with Crippen molar-refractivity contribution in [2.75, 3.05) is 50.7 Å². The number of carbonyl (C=O) groups is 4. The number of piperidine rings is 3. The molecule has 10 rings (SSSR count). The van der Waals surface area contributed by atoms with Gasteiger partial charge in [0, 0.05) is 96.8 Å². The van der Waals surface area contributed by atoms with Crippen LogP contribution in [-0.2, 0) is 25.5 Å². The first-order valence-electron chi connectivity index (χ1n) is 26.7. The van der Waals surface area contributed by atoms with E-state index in [-0.39, 0.29) is 74.2 Å². The van der Waals surface area contributed by atoms with E-state index in [9.17, 15) is 39.4 Å². The van der Waals surface area contributed by atoms with Crippen molar-refractivity contribution in [1.82, 2.24) is 34.7 Å². The molecule has 0 radical (unpaired) electrons. The predicted molar refractivity (Wildman–Crippen MR) is 270 cm³/mol. The van der Waals surface area contributed by atoms with Gasteiger partial charge in [-0.05, 0) is 117 Å². The molecule has 21 heteroatoms. The summed E-state index contributed by atoms with van der Waals surface area (Å²) in [6.45, 7) is 17.9. The van der Waals surface area contributed by atoms with Crippen LogP contribution in [0.5, 0.6) is 0 Å². The van der Waals surface area contributed by atoms with Crippen LogP contribution in [0.15, 0.2) is 42.9 Å². The van der Waals surface area contributed by atoms with Crippen molar-refractivity contribution in [2.45, 2.75) is 123 Å². The molecular formula is C56H67F2N11O8. The second-order valence-corrected chi connectivity index (χ2v) is 25.5. The van der Waals surface area contributed by atoms with Crippen LogP contribution in [0.2, 0.25) is 0 Å². The summed E-state index contributed by atoms with van der Waals surface area (Å²) >= 11 is 0. The maximum absolute atomic E-state index is 17.2. The molecule has 3 saturated carbocycles. The highest BCUT2D eigenvalue weighted by atomic mass is 19.1. The number of hydrogen-bond donors (Lipinski definition) is 0. The number of cyclic esters (lactones) is 1. The molecule has 4 aliphatic heterocycles. The minimum Gasteiger partial charge on any atom is -0.444 e. The van der Waals surface area contributed by atoms with Crippen LogP contribution in [0.3, 0.4) is 0 Å². The topological polar surface area (TPSA) is 233 Å². The number of nitriles is 3. The van der Waals surface area contributed by atoms with Gasteiger partial charge in [-0.15, -0.1) is 0 Å². The molecule has 3 aromatic rings. The maximum atomic E-state index is 17.2. The molecule has 1 aromatic carbocycles. The van der Waals surface area contributed by atoms with Gasteiger partial charge < -0.3 is 33.6 Å². The Balaban J connectivity index is 1.04. The Morgan fingerprint density at radius 3 is 1.90 bits per heavy atom. The van der Waals surface area contributed by atoms with Gasteiger partial charge in [0.1, 0.15) is 28.7 Å². The minimum absolute atomic E-state index is 0.00115. The highest BCUT2D eigenvalue weighted by molar-refractivity contribution is 5.90. The average Bonchev–Trinajstić information content (AvgIpc) is 3.84. The second-order valence-electron chi connectivity index (χ2n) is 25.5. The van der Waals surface area contributed by atoms with Crippen LogP contribution in [0.4, 0.5) is 33.6 Å². The number of aromatic nitrogens is 4. The number of nitrogens with zero attached hydrogens (tertiary/aromatic N) is 11. The van der Waals surface area contributed by atoms with Crippen molar-refractivity contribution < 1.29 is 46.9 Å². The number of amides is 4. The Bertz CT molecular complexity index is 3000. The highest BCUT2D eigenvalue weighted by Gasteiger charge is 2.80. The van der Waals surface area contributed by atoms with Crippen LogP contribution in [0, 0.1) is 103 Å². The number of unbranched alkanes of at least 4 members (excludes halogenated alkanes) is 1. The summed E-state index contributed by atoms with van der Waals surface area (Å²) in [6, 6.07) is 14.0. The van der Waals surface area contributed by atoms with Crippen molar-refractivity contribution in [3.63, 3.8) is 0 Å². The van der Waals surface area contributed by atoms with Crippen LogP contribution in [0.1, 0.15) is 99.5 Å². The van der Waals surface area contributed by atoms with Gasteiger partial charge in [0.25, 0.3) is 5.95 Å². The van der Waals surface area contributed by atoms with Crippen LogP contribution < -0.4 is 4.90 Å². The monoisotopic (exact) mass is 1060 g/mol. The molecule has 4 amide bonds. The Morgan fingerprint density at radius 2 is 1.32 bits per heavy atom. The molecule has 0 N–H and O–H groups in total. The van der Waals surface area contributed by atoms with Crippen molar-refractivity contribution >= 4 is 30.1 Å². The van der Waals surface area contributed by atoms with Gasteiger partial charge >= 0.3 is 24.4 Å². The number of halogens is 2. The smallest absolute Gasteiger partial charge is 0.414 e. The molecule has 2 aromatic heterocycles. The fourth-order valence-electron chi connectivity index (χ4n) is 14.3. The molecule has 3 aliphatic carbocycles. The first-order chi connectivity index (χ1) is 36.3. The number of pyridine rings is 1. The zero-order valence-corrected chi connectivity index (χ0v) is 45.2. The number of anilines is 1. The van der Waals surface area contributed by atoms with Gasteiger partial charge in [-0.1, -0.05) is 23.2 Å². The number of benzene rings is 1. The van der Waals surface area contributed by atoms with Crippen LogP contribution >= 0.6 is 0 Å². The number of fused-ring (bicyclic) bond motifs is 3. The fourth-order valence-corrected chi connectivity index (χ4v) is 14.3. The Labute approximate surface area is 447 Å². The van der Waals surface area contributed by atoms with Crippen LogP contribution in [0.25, 0.3) is 11.1 Å². The first-order valence-corrected chi connectivity index (χ1v) is 26.7. The van der Waals surface area contributed by atoms with Crippen LogP contribution in [-0.4, -0.2) is 128 Å². The standard InChI is InChI=1S/C56H67F2N11O8/c1-51(2,3)75-47(70)65-25-41-38(19-59)54(41,29-65)16-11-10-12-37(55-30-66(26-42(55)39(55)20-60)48(71)76-52(4,5)6)46(56-31-67(27-43(56)40(56)21-61)49(72)77-53(7,8)9)35-15-17-62-22-36(35)34-14-13-32(18-44(34)57)69-24-33(74-50(69)73)23-68-28-45(58)63-64-68/h13-15,17-18,22,28,33,37-43,46H,10-12,16,23-27,29-31H2,1-9H3/t33-,37?,38?,39?,40?,41?,42?,43?,46?,54?,55?,56?/m0/s1. The number of carbonyl (C=O) groups excluding carboxylic acids is 4. The molecular weight excluding hydrogens is 993 g/mol. The zero-order chi connectivity index (χ0) is 55.4. The lowest BCUT2D eigenvalue weighted by molar-refractivity contribution is 0.0198. The summed E-state index contributed by atoms with van der Waals surface area (Å²) in [5.41, 5.74) is -3.00. The number of ether oxygens (including phenoxy) is 4. The molecule has 7 fully saturated rings. The summed E-state index contributed by atoms with van der Waals surface area (Å²) < 4.78 is 55.2. The summed E-state index contributed by atoms with van der Waals surface area (Å²) in [5.74, 6) is -4.40. The highest BCUT2D eigenvalue weighted by Crippen LogP contribution is 2.78. The Kier molecular flexibility index (Phi) is 13.0. The second kappa shape index (κ2) is 18.8. The lowest BCUT2D eigenvalue weighted by atomic mass is 9.63. The van der Waals surface area contributed by atoms with Gasteiger partial charge in [-0.3, -0.25) is 9.88 Å². The molecule has 77 heavy (non-hydrogen) atoms. The molecule has 4 saturated heterocycles. The molecule has 11 unspecified atom stereocenters. The predicted octanol–water partition coefficient (Wildman–Crippen LogP) is 8.92. The third-order valence-electron chi connectivity index (χ3n) is 17.4. The van der Waals surface area contributed by atoms with Gasteiger partial charge in [0.15, 0.2) is 0 Å². The van der Waals surface area contributed by atoms with Crippen molar-refractivity contribution in [3.8, 4) is 29.3 Å². The van der Waals surface area contributed by atoms with E-state index >= 15 is 4.39 Å². The molecule has 408 valence electrons. The number of likely N-dealkylation sites (tertiary alicyclic amines) is 3. The lowest BCUT2D eigenvalue weighted by Gasteiger charge is -2.41. The van der Waals surface area contributed by atoms with E-state index in [4.69, 9.17) is 18.9 Å². The van der Waals surface area contributed by atoms with E-state index in [1.165, 1.54) is 15.6 Å². The Hall–Kier alpha value is -7.08. The summed E-state index contributed by atoms with van der Waals surface area (Å²) in [5, 5.41) is 39.6. The lowest BCUT2D eigenvalue weighted by Crippen LogP contribution is -2.43. The Morgan fingerprint density at radius 1 is 0.753 bits per heavy atom. The average molecular weight is 1060 g/mol.